The largest absolute Gasteiger partial charge is 0.481 e. The van der Waals surface area contributed by atoms with Gasteiger partial charge in [-0.25, -0.2) is 4.98 Å². The normalized spacial score (nSPS) is 20.6. The summed E-state index contributed by atoms with van der Waals surface area (Å²) in [5, 5.41) is 12.8. The summed E-state index contributed by atoms with van der Waals surface area (Å²) in [6.07, 6.45) is 2.14. The molecule has 2 atom stereocenters. The van der Waals surface area contributed by atoms with Gasteiger partial charge in [-0.15, -0.1) is 22.7 Å². The van der Waals surface area contributed by atoms with E-state index in [2.05, 4.69) is 10.3 Å². The summed E-state index contributed by atoms with van der Waals surface area (Å²) in [6.45, 7) is 1.79. The Bertz CT molecular complexity index is 756. The fourth-order valence-electron chi connectivity index (χ4n) is 2.80. The summed E-state index contributed by atoms with van der Waals surface area (Å²) >= 11 is 8.66. The van der Waals surface area contributed by atoms with Crippen LogP contribution in [-0.4, -0.2) is 28.0 Å². The van der Waals surface area contributed by atoms with Gasteiger partial charge in [0.25, 0.3) is 5.91 Å². The molecular formula is C15H15ClN2O3S2. The number of nitrogens with one attached hydrogen (secondary N) is 1. The number of thiophene rings is 1. The van der Waals surface area contributed by atoms with Crippen molar-refractivity contribution in [3.05, 3.63) is 27.0 Å². The first-order valence-electron chi connectivity index (χ1n) is 7.22. The van der Waals surface area contributed by atoms with E-state index in [-0.39, 0.29) is 11.9 Å². The molecule has 0 aromatic carbocycles. The molecule has 23 heavy (non-hydrogen) atoms. The monoisotopic (exact) mass is 370 g/mol. The summed E-state index contributed by atoms with van der Waals surface area (Å²) in [7, 11) is 0. The minimum Gasteiger partial charge on any atom is -0.481 e. The summed E-state index contributed by atoms with van der Waals surface area (Å²) in [4.78, 5) is 29.6. The Morgan fingerprint density at radius 1 is 1.35 bits per heavy atom. The van der Waals surface area contributed by atoms with Crippen LogP contribution in [0.15, 0.2) is 12.1 Å². The number of amides is 1. The lowest BCUT2D eigenvalue weighted by Gasteiger charge is -2.17. The van der Waals surface area contributed by atoms with Gasteiger partial charge in [-0.2, -0.15) is 0 Å². The van der Waals surface area contributed by atoms with Crippen LogP contribution >= 0.6 is 34.3 Å². The van der Waals surface area contributed by atoms with Crippen LogP contribution in [0.25, 0.3) is 9.88 Å². The Balaban J connectivity index is 1.78. The van der Waals surface area contributed by atoms with Crippen molar-refractivity contribution in [1.82, 2.24) is 10.3 Å². The van der Waals surface area contributed by atoms with Crippen LogP contribution in [0.5, 0.6) is 0 Å². The van der Waals surface area contributed by atoms with E-state index < -0.39 is 11.9 Å². The molecule has 2 aromatic rings. The first-order valence-corrected chi connectivity index (χ1v) is 9.23. The summed E-state index contributed by atoms with van der Waals surface area (Å²) in [5.41, 5.74) is 0.650. The number of hydrogen-bond acceptors (Lipinski definition) is 5. The van der Waals surface area contributed by atoms with Crippen LogP contribution < -0.4 is 5.32 Å². The SMILES string of the molecule is Cc1nc(-c2ccc(Cl)s2)sc1C(=O)N[C@@H]1CCC[C@@H]1C(=O)O. The minimum absolute atomic E-state index is 0.243. The van der Waals surface area contributed by atoms with E-state index in [1.807, 2.05) is 6.07 Å². The van der Waals surface area contributed by atoms with Crippen molar-refractivity contribution in [2.75, 3.05) is 0 Å². The number of carboxylic acid groups (broad SMARTS) is 1. The van der Waals surface area contributed by atoms with Crippen LogP contribution in [0.3, 0.4) is 0 Å². The molecule has 1 saturated carbocycles. The van der Waals surface area contributed by atoms with Crippen molar-refractivity contribution in [3.8, 4) is 9.88 Å². The van der Waals surface area contributed by atoms with Gasteiger partial charge < -0.3 is 10.4 Å². The molecule has 2 aromatic heterocycles. The zero-order valence-electron chi connectivity index (χ0n) is 12.3. The molecule has 122 valence electrons. The molecule has 3 rings (SSSR count). The zero-order valence-corrected chi connectivity index (χ0v) is 14.7. The molecule has 0 radical (unpaired) electrons. The molecule has 0 spiro atoms. The number of carbonyl (C=O) groups is 2. The third-order valence-electron chi connectivity index (χ3n) is 3.94. The van der Waals surface area contributed by atoms with Gasteiger partial charge in [-0.3, -0.25) is 9.59 Å². The standard InChI is InChI=1S/C15H15ClN2O3S2/c1-7-12(23-14(17-7)10-5-6-11(16)22-10)13(19)18-9-4-2-3-8(9)15(20)21/h5-6,8-9H,2-4H2,1H3,(H,18,19)(H,20,21)/t8-,9+/m0/s1. The predicted octanol–water partition coefficient (Wildman–Crippen LogP) is 3.82. The highest BCUT2D eigenvalue weighted by atomic mass is 35.5. The lowest BCUT2D eigenvalue weighted by Crippen LogP contribution is -2.40. The molecule has 2 heterocycles. The number of carbonyl (C=O) groups excluding carboxylic acids is 1. The minimum atomic E-state index is -0.845. The predicted molar refractivity (Wildman–Crippen MR) is 91.4 cm³/mol. The maximum absolute atomic E-state index is 12.5. The second kappa shape index (κ2) is 6.59. The molecular weight excluding hydrogens is 356 g/mol. The van der Waals surface area contributed by atoms with Gasteiger partial charge in [0.2, 0.25) is 0 Å². The van der Waals surface area contributed by atoms with Crippen molar-refractivity contribution >= 4 is 46.2 Å². The molecule has 0 aliphatic heterocycles. The number of carboxylic acids is 1. The summed E-state index contributed by atoms with van der Waals surface area (Å²) in [6, 6.07) is 3.37. The van der Waals surface area contributed by atoms with Gasteiger partial charge in [0.05, 0.1) is 20.8 Å². The quantitative estimate of drug-likeness (QED) is 0.857. The Kier molecular flexibility index (Phi) is 4.70. The Morgan fingerprint density at radius 2 is 2.13 bits per heavy atom. The van der Waals surface area contributed by atoms with Crippen molar-refractivity contribution in [3.63, 3.8) is 0 Å². The first-order chi connectivity index (χ1) is 11.0. The second-order valence-electron chi connectivity index (χ2n) is 5.49. The van der Waals surface area contributed by atoms with Crippen LogP contribution in [0.1, 0.15) is 34.6 Å². The van der Waals surface area contributed by atoms with Gasteiger partial charge >= 0.3 is 5.97 Å². The van der Waals surface area contributed by atoms with E-state index in [0.29, 0.717) is 27.7 Å². The Hall–Kier alpha value is -1.44. The molecule has 8 heteroatoms. The highest BCUT2D eigenvalue weighted by molar-refractivity contribution is 7.24. The topological polar surface area (TPSA) is 79.3 Å². The fraction of sp³-hybridized carbons (Fsp3) is 0.400. The van der Waals surface area contributed by atoms with Crippen molar-refractivity contribution in [2.24, 2.45) is 5.92 Å². The number of thiazole rings is 1. The smallest absolute Gasteiger partial charge is 0.308 e. The lowest BCUT2D eigenvalue weighted by molar-refractivity contribution is -0.142. The van der Waals surface area contributed by atoms with E-state index in [1.165, 1.54) is 22.7 Å². The Labute approximate surface area is 146 Å². The third-order valence-corrected chi connectivity index (χ3v) is 6.49. The number of nitrogens with zero attached hydrogens (tertiary/aromatic N) is 1. The van der Waals surface area contributed by atoms with E-state index >= 15 is 0 Å². The number of aromatic nitrogens is 1. The van der Waals surface area contributed by atoms with Crippen LogP contribution in [0, 0.1) is 12.8 Å². The van der Waals surface area contributed by atoms with Gasteiger partial charge in [-0.05, 0) is 31.9 Å². The van der Waals surface area contributed by atoms with Crippen molar-refractivity contribution in [1.29, 1.82) is 0 Å². The summed E-state index contributed by atoms with van der Waals surface area (Å²) < 4.78 is 0.675. The van der Waals surface area contributed by atoms with E-state index in [1.54, 1.807) is 13.0 Å². The van der Waals surface area contributed by atoms with Crippen LogP contribution in [-0.2, 0) is 4.79 Å². The maximum Gasteiger partial charge on any atom is 0.308 e. The lowest BCUT2D eigenvalue weighted by atomic mass is 10.0. The molecule has 1 fully saturated rings. The van der Waals surface area contributed by atoms with Crippen molar-refractivity contribution in [2.45, 2.75) is 32.2 Å². The average Bonchev–Trinajstić information content (AvgIpc) is 3.18. The average molecular weight is 371 g/mol. The molecule has 0 unspecified atom stereocenters. The number of aryl methyl sites for hydroxylation is 1. The highest BCUT2D eigenvalue weighted by Gasteiger charge is 2.34. The second-order valence-corrected chi connectivity index (χ2v) is 8.21. The maximum atomic E-state index is 12.5. The molecule has 2 N–H and O–H groups in total. The van der Waals surface area contributed by atoms with E-state index in [4.69, 9.17) is 11.6 Å². The number of hydrogen-bond donors (Lipinski definition) is 2. The van der Waals surface area contributed by atoms with Crippen LogP contribution in [0.2, 0.25) is 4.34 Å². The molecule has 5 nitrogen and oxygen atoms in total. The van der Waals surface area contributed by atoms with Gasteiger partial charge in [0, 0.05) is 6.04 Å². The molecule has 0 bridgehead atoms. The third kappa shape index (κ3) is 3.41. The van der Waals surface area contributed by atoms with Crippen LogP contribution in [0.4, 0.5) is 0 Å². The first kappa shape index (κ1) is 16.4. The highest BCUT2D eigenvalue weighted by Crippen LogP contribution is 2.35. The van der Waals surface area contributed by atoms with Gasteiger partial charge in [0.1, 0.15) is 9.88 Å². The molecule has 1 aliphatic rings. The fourth-order valence-corrected chi connectivity index (χ4v) is 4.87. The summed E-state index contributed by atoms with van der Waals surface area (Å²) in [5.74, 6) is -1.59. The number of aliphatic carboxylic acids is 1. The number of rotatable bonds is 4. The molecule has 1 amide bonds. The van der Waals surface area contributed by atoms with Gasteiger partial charge in [0.15, 0.2) is 0 Å². The van der Waals surface area contributed by atoms with E-state index in [0.717, 1.165) is 16.3 Å². The molecule has 1 aliphatic carbocycles. The molecule has 0 saturated heterocycles. The zero-order chi connectivity index (χ0) is 16.6. The van der Waals surface area contributed by atoms with E-state index in [9.17, 15) is 14.7 Å². The number of halogens is 1. The Morgan fingerprint density at radius 3 is 2.78 bits per heavy atom. The van der Waals surface area contributed by atoms with Crippen molar-refractivity contribution < 1.29 is 14.7 Å². The van der Waals surface area contributed by atoms with Gasteiger partial charge in [-0.1, -0.05) is 18.0 Å².